The van der Waals surface area contributed by atoms with Crippen LogP contribution < -0.4 is 11.2 Å². The van der Waals surface area contributed by atoms with Gasteiger partial charge in [-0.25, -0.2) is 9.36 Å². The van der Waals surface area contributed by atoms with Crippen LogP contribution in [0.25, 0.3) is 16.6 Å². The molecule has 0 spiro atoms. The minimum atomic E-state index is -4.68. The molecule has 1 heterocycles. The van der Waals surface area contributed by atoms with Crippen molar-refractivity contribution in [2.24, 2.45) is 0 Å². The molecule has 0 aliphatic heterocycles. The second-order valence-electron chi connectivity index (χ2n) is 5.18. The number of fused-ring (bicyclic) bond motifs is 1. The van der Waals surface area contributed by atoms with E-state index in [1.807, 2.05) is 22.6 Å². The Kier molecular flexibility index (Phi) is 4.02. The molecule has 0 aliphatic carbocycles. The van der Waals surface area contributed by atoms with Gasteiger partial charge in [-0.15, -0.1) is 0 Å². The van der Waals surface area contributed by atoms with Crippen LogP contribution in [0.5, 0.6) is 0 Å². The van der Waals surface area contributed by atoms with E-state index >= 15 is 0 Å². The molecular formula is C16H10F3IN2O2. The van der Waals surface area contributed by atoms with Crippen LogP contribution in [-0.2, 0) is 6.18 Å². The van der Waals surface area contributed by atoms with Gasteiger partial charge in [-0.05, 0) is 59.3 Å². The molecule has 0 bridgehead atoms. The van der Waals surface area contributed by atoms with E-state index in [0.29, 0.717) is 15.6 Å². The molecule has 0 saturated carbocycles. The van der Waals surface area contributed by atoms with E-state index in [-0.39, 0.29) is 5.39 Å². The van der Waals surface area contributed by atoms with Crippen molar-refractivity contribution in [1.29, 1.82) is 0 Å². The highest BCUT2D eigenvalue weighted by atomic mass is 127. The molecule has 1 aromatic heterocycles. The van der Waals surface area contributed by atoms with E-state index in [2.05, 4.69) is 4.98 Å². The lowest BCUT2D eigenvalue weighted by molar-refractivity contribution is -0.137. The number of H-pyrrole nitrogens is 1. The molecule has 8 heteroatoms. The minimum absolute atomic E-state index is 0.193. The zero-order valence-corrected chi connectivity index (χ0v) is 14.4. The van der Waals surface area contributed by atoms with Crippen LogP contribution in [0.4, 0.5) is 13.2 Å². The van der Waals surface area contributed by atoms with E-state index in [9.17, 15) is 22.8 Å². The SMILES string of the molecule is Cc1c(I)ccc2[nH]c(=O)n(-c3ccccc3C(F)(F)F)c(=O)c12. The van der Waals surface area contributed by atoms with Gasteiger partial charge in [-0.3, -0.25) is 4.79 Å². The van der Waals surface area contributed by atoms with E-state index in [1.165, 1.54) is 12.1 Å². The van der Waals surface area contributed by atoms with Crippen LogP contribution in [-0.4, -0.2) is 9.55 Å². The molecular weight excluding hydrogens is 436 g/mol. The van der Waals surface area contributed by atoms with E-state index < -0.39 is 28.7 Å². The lowest BCUT2D eigenvalue weighted by atomic mass is 10.1. The van der Waals surface area contributed by atoms with Crippen molar-refractivity contribution < 1.29 is 13.2 Å². The van der Waals surface area contributed by atoms with Crippen LogP contribution in [0.15, 0.2) is 46.0 Å². The summed E-state index contributed by atoms with van der Waals surface area (Å²) in [7, 11) is 0. The molecule has 0 fully saturated rings. The number of aromatic amines is 1. The van der Waals surface area contributed by atoms with Crippen LogP contribution in [0.1, 0.15) is 11.1 Å². The molecule has 0 saturated heterocycles. The summed E-state index contributed by atoms with van der Waals surface area (Å²) in [5, 5.41) is 0.193. The van der Waals surface area contributed by atoms with Gasteiger partial charge in [0.1, 0.15) is 0 Å². The number of hydrogen-bond donors (Lipinski definition) is 1. The van der Waals surface area contributed by atoms with Crippen LogP contribution in [0.3, 0.4) is 0 Å². The van der Waals surface area contributed by atoms with Crippen molar-refractivity contribution in [3.8, 4) is 5.69 Å². The van der Waals surface area contributed by atoms with Gasteiger partial charge >= 0.3 is 11.9 Å². The fraction of sp³-hybridized carbons (Fsp3) is 0.125. The lowest BCUT2D eigenvalue weighted by Gasteiger charge is -2.14. The Morgan fingerprint density at radius 2 is 1.75 bits per heavy atom. The summed E-state index contributed by atoms with van der Waals surface area (Å²) in [5.74, 6) is 0. The zero-order chi connectivity index (χ0) is 17.6. The highest BCUT2D eigenvalue weighted by molar-refractivity contribution is 14.1. The summed E-state index contributed by atoms with van der Waals surface area (Å²) < 4.78 is 41.0. The number of alkyl halides is 3. The average molecular weight is 446 g/mol. The summed E-state index contributed by atoms with van der Waals surface area (Å²) >= 11 is 2.02. The van der Waals surface area contributed by atoms with Crippen LogP contribution in [0.2, 0.25) is 0 Å². The van der Waals surface area contributed by atoms with Crippen molar-refractivity contribution in [2.75, 3.05) is 0 Å². The monoisotopic (exact) mass is 446 g/mol. The summed E-state index contributed by atoms with van der Waals surface area (Å²) in [4.78, 5) is 27.5. The molecule has 3 rings (SSSR count). The molecule has 1 N–H and O–H groups in total. The summed E-state index contributed by atoms with van der Waals surface area (Å²) in [6.45, 7) is 1.68. The van der Waals surface area contributed by atoms with Crippen molar-refractivity contribution in [2.45, 2.75) is 13.1 Å². The maximum Gasteiger partial charge on any atom is 0.418 e. The van der Waals surface area contributed by atoms with Crippen molar-refractivity contribution in [3.63, 3.8) is 0 Å². The molecule has 0 aliphatic rings. The fourth-order valence-corrected chi connectivity index (χ4v) is 3.02. The molecule has 3 aromatic rings. The molecule has 24 heavy (non-hydrogen) atoms. The van der Waals surface area contributed by atoms with Gasteiger partial charge < -0.3 is 4.98 Å². The predicted molar refractivity (Wildman–Crippen MR) is 92.6 cm³/mol. The summed E-state index contributed by atoms with van der Waals surface area (Å²) in [6.07, 6.45) is -4.68. The number of aromatic nitrogens is 2. The largest absolute Gasteiger partial charge is 0.418 e. The van der Waals surface area contributed by atoms with Gasteiger partial charge in [0, 0.05) is 3.57 Å². The van der Waals surface area contributed by atoms with E-state index in [0.717, 1.165) is 15.7 Å². The quantitative estimate of drug-likeness (QED) is 0.581. The number of nitrogens with zero attached hydrogens (tertiary/aromatic N) is 1. The molecule has 2 aromatic carbocycles. The number of hydrogen-bond acceptors (Lipinski definition) is 2. The number of benzene rings is 2. The Bertz CT molecular complexity index is 1070. The van der Waals surface area contributed by atoms with Gasteiger partial charge in [0.2, 0.25) is 0 Å². The topological polar surface area (TPSA) is 54.9 Å². The van der Waals surface area contributed by atoms with Gasteiger partial charge in [0.05, 0.1) is 22.2 Å². The molecule has 4 nitrogen and oxygen atoms in total. The first kappa shape index (κ1) is 16.7. The van der Waals surface area contributed by atoms with Crippen LogP contribution in [0, 0.1) is 10.5 Å². The number of aryl methyl sites for hydroxylation is 1. The lowest BCUT2D eigenvalue weighted by Crippen LogP contribution is -2.35. The third-order valence-corrected chi connectivity index (χ3v) is 4.88. The molecule has 124 valence electrons. The third kappa shape index (κ3) is 2.64. The summed E-state index contributed by atoms with van der Waals surface area (Å²) in [5.41, 5.74) is -2.32. The number of halogens is 4. The Balaban J connectivity index is 2.48. The van der Waals surface area contributed by atoms with Gasteiger partial charge in [-0.2, -0.15) is 13.2 Å². The Morgan fingerprint density at radius 3 is 2.42 bits per heavy atom. The normalized spacial score (nSPS) is 11.9. The molecule has 0 atom stereocenters. The Labute approximate surface area is 147 Å². The molecule has 0 radical (unpaired) electrons. The van der Waals surface area contributed by atoms with Crippen molar-refractivity contribution >= 4 is 33.5 Å². The average Bonchev–Trinajstić information content (AvgIpc) is 2.50. The first-order valence-electron chi connectivity index (χ1n) is 6.82. The van der Waals surface area contributed by atoms with E-state index in [4.69, 9.17) is 0 Å². The smallest absolute Gasteiger partial charge is 0.306 e. The number of para-hydroxylation sites is 1. The highest BCUT2D eigenvalue weighted by Crippen LogP contribution is 2.33. The maximum absolute atomic E-state index is 13.2. The number of nitrogens with one attached hydrogen (secondary N) is 1. The van der Waals surface area contributed by atoms with E-state index in [1.54, 1.807) is 19.1 Å². The zero-order valence-electron chi connectivity index (χ0n) is 12.2. The first-order valence-corrected chi connectivity index (χ1v) is 7.90. The molecule has 0 amide bonds. The highest BCUT2D eigenvalue weighted by Gasteiger charge is 2.34. The fourth-order valence-electron chi connectivity index (χ4n) is 2.57. The summed E-state index contributed by atoms with van der Waals surface area (Å²) in [6, 6.07) is 7.79. The second kappa shape index (κ2) is 5.76. The standard InChI is InChI=1S/C16H10F3IN2O2/c1-8-10(20)6-7-11-13(8)14(23)22(15(24)21-11)12-5-3-2-4-9(12)16(17,18)19/h2-7H,1H3,(H,21,24). The Morgan fingerprint density at radius 1 is 1.08 bits per heavy atom. The van der Waals surface area contributed by atoms with Gasteiger partial charge in [0.25, 0.3) is 5.56 Å². The predicted octanol–water partition coefficient (Wildman–Crippen LogP) is 3.61. The van der Waals surface area contributed by atoms with Crippen LogP contribution >= 0.6 is 22.6 Å². The van der Waals surface area contributed by atoms with Crippen molar-refractivity contribution in [1.82, 2.24) is 9.55 Å². The number of rotatable bonds is 1. The molecule has 0 unspecified atom stereocenters. The maximum atomic E-state index is 13.2. The third-order valence-electron chi connectivity index (χ3n) is 3.71. The second-order valence-corrected chi connectivity index (χ2v) is 6.34. The first-order chi connectivity index (χ1) is 11.2. The Hall–Kier alpha value is -2.10. The minimum Gasteiger partial charge on any atom is -0.306 e. The van der Waals surface area contributed by atoms with Crippen molar-refractivity contribution in [3.05, 3.63) is 71.9 Å². The van der Waals surface area contributed by atoms with Gasteiger partial charge in [-0.1, -0.05) is 12.1 Å². The van der Waals surface area contributed by atoms with Gasteiger partial charge in [0.15, 0.2) is 0 Å².